The average molecular weight is 240 g/mol. The van der Waals surface area contributed by atoms with Gasteiger partial charge in [0.2, 0.25) is 0 Å². The van der Waals surface area contributed by atoms with Crippen LogP contribution >= 0.6 is 11.3 Å². The minimum Gasteiger partial charge on any atom is -0.286 e. The molecular formula is C12H8N4S. The van der Waals surface area contributed by atoms with Crippen LogP contribution in [-0.4, -0.2) is 14.6 Å². The number of hydrogen-bond acceptors (Lipinski definition) is 4. The second-order valence-corrected chi connectivity index (χ2v) is 4.66. The van der Waals surface area contributed by atoms with Crippen LogP contribution in [-0.2, 0) is 6.42 Å². The zero-order chi connectivity index (χ0) is 11.7. The predicted molar refractivity (Wildman–Crippen MR) is 64.8 cm³/mol. The Balaban J connectivity index is 2.04. The normalized spacial score (nSPS) is 10.5. The first-order valence-electron chi connectivity index (χ1n) is 5.13. The minimum absolute atomic E-state index is 0.604. The maximum atomic E-state index is 8.81. The molecular weight excluding hydrogens is 232 g/mol. The smallest absolute Gasteiger partial charge is 0.162 e. The van der Waals surface area contributed by atoms with Gasteiger partial charge in [0, 0.05) is 23.6 Å². The summed E-state index contributed by atoms with van der Waals surface area (Å²) in [6, 6.07) is 9.71. The van der Waals surface area contributed by atoms with Crippen LogP contribution < -0.4 is 0 Å². The van der Waals surface area contributed by atoms with Crippen molar-refractivity contribution >= 4 is 17.0 Å². The number of thiophene rings is 1. The molecule has 0 saturated carbocycles. The maximum Gasteiger partial charge on any atom is 0.162 e. The highest BCUT2D eigenvalue weighted by molar-refractivity contribution is 7.09. The van der Waals surface area contributed by atoms with Crippen molar-refractivity contribution in [3.8, 4) is 6.07 Å². The number of rotatable bonds is 2. The molecule has 3 heterocycles. The van der Waals surface area contributed by atoms with Gasteiger partial charge in [-0.05, 0) is 17.5 Å². The lowest BCUT2D eigenvalue weighted by Gasteiger charge is -1.97. The molecule has 0 radical (unpaired) electrons. The summed E-state index contributed by atoms with van der Waals surface area (Å²) in [6.45, 7) is 0. The molecule has 0 aromatic carbocycles. The first-order valence-corrected chi connectivity index (χ1v) is 6.01. The van der Waals surface area contributed by atoms with Gasteiger partial charge in [-0.15, -0.1) is 21.5 Å². The summed E-state index contributed by atoms with van der Waals surface area (Å²) < 4.78 is 1.92. The number of nitriles is 1. The molecule has 0 fully saturated rings. The fourth-order valence-electron chi connectivity index (χ4n) is 1.70. The monoisotopic (exact) mass is 240 g/mol. The lowest BCUT2D eigenvalue weighted by Crippen LogP contribution is -1.94. The van der Waals surface area contributed by atoms with Crippen LogP contribution in [0.5, 0.6) is 0 Å². The first kappa shape index (κ1) is 10.00. The van der Waals surface area contributed by atoms with Gasteiger partial charge in [-0.1, -0.05) is 6.07 Å². The van der Waals surface area contributed by atoms with Gasteiger partial charge in [0.25, 0.3) is 0 Å². The Kier molecular flexibility index (Phi) is 2.35. The highest BCUT2D eigenvalue weighted by atomic mass is 32.1. The Morgan fingerprint density at radius 3 is 3.06 bits per heavy atom. The molecule has 0 N–H and O–H groups in total. The summed E-state index contributed by atoms with van der Waals surface area (Å²) in [5.74, 6) is 0.895. The topological polar surface area (TPSA) is 54.0 Å². The van der Waals surface area contributed by atoms with Gasteiger partial charge in [0.15, 0.2) is 5.65 Å². The van der Waals surface area contributed by atoms with E-state index in [4.69, 9.17) is 5.26 Å². The molecule has 5 heteroatoms. The average Bonchev–Trinajstić information content (AvgIpc) is 2.99. The quantitative estimate of drug-likeness (QED) is 0.690. The van der Waals surface area contributed by atoms with Crippen molar-refractivity contribution in [1.29, 1.82) is 5.26 Å². The second-order valence-electron chi connectivity index (χ2n) is 3.63. The summed E-state index contributed by atoms with van der Waals surface area (Å²) in [7, 11) is 0. The van der Waals surface area contributed by atoms with Gasteiger partial charge < -0.3 is 0 Å². The molecule has 0 spiro atoms. The zero-order valence-electron chi connectivity index (χ0n) is 8.87. The molecule has 0 unspecified atom stereocenters. The third-order valence-corrected chi connectivity index (χ3v) is 3.40. The highest BCUT2D eigenvalue weighted by Crippen LogP contribution is 2.15. The van der Waals surface area contributed by atoms with Crippen LogP contribution in [0.15, 0.2) is 35.8 Å². The molecule has 0 bridgehead atoms. The Bertz CT molecular complexity index is 691. The van der Waals surface area contributed by atoms with Gasteiger partial charge in [0.05, 0.1) is 11.6 Å². The van der Waals surface area contributed by atoms with E-state index in [1.165, 1.54) is 4.88 Å². The Morgan fingerprint density at radius 1 is 1.35 bits per heavy atom. The van der Waals surface area contributed by atoms with E-state index in [0.717, 1.165) is 17.9 Å². The van der Waals surface area contributed by atoms with E-state index >= 15 is 0 Å². The predicted octanol–water partition coefficient (Wildman–Crippen LogP) is 2.25. The second kappa shape index (κ2) is 4.00. The summed E-state index contributed by atoms with van der Waals surface area (Å²) in [6.07, 6.45) is 2.61. The van der Waals surface area contributed by atoms with E-state index in [-0.39, 0.29) is 0 Å². The molecule has 3 aromatic rings. The number of hydrogen-bond donors (Lipinski definition) is 0. The summed E-state index contributed by atoms with van der Waals surface area (Å²) in [4.78, 5) is 1.25. The highest BCUT2D eigenvalue weighted by Gasteiger charge is 2.07. The van der Waals surface area contributed by atoms with Gasteiger partial charge in [-0.2, -0.15) is 5.26 Å². The van der Waals surface area contributed by atoms with Crippen LogP contribution in [0.1, 0.15) is 16.3 Å². The summed E-state index contributed by atoms with van der Waals surface area (Å²) in [5.41, 5.74) is 1.32. The fourth-order valence-corrected chi connectivity index (χ4v) is 2.40. The van der Waals surface area contributed by atoms with Crippen molar-refractivity contribution in [3.63, 3.8) is 0 Å². The van der Waals surface area contributed by atoms with E-state index in [2.05, 4.69) is 22.3 Å². The maximum absolute atomic E-state index is 8.81. The number of pyridine rings is 1. The van der Waals surface area contributed by atoms with Crippen molar-refractivity contribution in [1.82, 2.24) is 14.6 Å². The molecule has 82 valence electrons. The SMILES string of the molecule is N#Cc1ccn2c(Cc3cccs3)nnc2c1. The van der Waals surface area contributed by atoms with Crippen LogP contribution in [0, 0.1) is 11.3 Å². The van der Waals surface area contributed by atoms with Crippen molar-refractivity contribution in [2.75, 3.05) is 0 Å². The minimum atomic E-state index is 0.604. The standard InChI is InChI=1S/C12H8N4S/c13-8-9-3-4-16-11(6-9)14-15-12(16)7-10-2-1-5-17-10/h1-6H,7H2. The molecule has 0 amide bonds. The van der Waals surface area contributed by atoms with Crippen molar-refractivity contribution < 1.29 is 0 Å². The summed E-state index contributed by atoms with van der Waals surface area (Å²) in [5, 5.41) is 19.1. The van der Waals surface area contributed by atoms with E-state index in [0.29, 0.717) is 5.56 Å². The number of nitrogens with zero attached hydrogens (tertiary/aromatic N) is 4. The number of fused-ring (bicyclic) bond motifs is 1. The van der Waals surface area contributed by atoms with Crippen molar-refractivity contribution in [2.24, 2.45) is 0 Å². The Labute approximate surface area is 102 Å². The van der Waals surface area contributed by atoms with Crippen LogP contribution in [0.4, 0.5) is 0 Å². The van der Waals surface area contributed by atoms with Crippen LogP contribution in [0.2, 0.25) is 0 Å². The summed E-state index contributed by atoms with van der Waals surface area (Å²) >= 11 is 1.70. The third-order valence-electron chi connectivity index (χ3n) is 2.52. The van der Waals surface area contributed by atoms with Crippen molar-refractivity contribution in [2.45, 2.75) is 6.42 Å². The first-order chi connectivity index (χ1) is 8.36. The Hall–Kier alpha value is -2.19. The van der Waals surface area contributed by atoms with Crippen molar-refractivity contribution in [3.05, 3.63) is 52.1 Å². The van der Waals surface area contributed by atoms with E-state index in [9.17, 15) is 0 Å². The molecule has 4 nitrogen and oxygen atoms in total. The molecule has 3 aromatic heterocycles. The molecule has 17 heavy (non-hydrogen) atoms. The number of aromatic nitrogens is 3. The molecule has 0 atom stereocenters. The van der Waals surface area contributed by atoms with Gasteiger partial charge in [-0.25, -0.2) is 0 Å². The van der Waals surface area contributed by atoms with E-state index < -0.39 is 0 Å². The Morgan fingerprint density at radius 2 is 2.29 bits per heavy atom. The molecule has 0 aliphatic heterocycles. The zero-order valence-corrected chi connectivity index (χ0v) is 9.68. The largest absolute Gasteiger partial charge is 0.286 e. The third kappa shape index (κ3) is 1.79. The van der Waals surface area contributed by atoms with E-state index in [1.807, 2.05) is 22.0 Å². The van der Waals surface area contributed by atoms with Crippen LogP contribution in [0.3, 0.4) is 0 Å². The lowest BCUT2D eigenvalue weighted by molar-refractivity contribution is 0.944. The van der Waals surface area contributed by atoms with E-state index in [1.54, 1.807) is 23.5 Å². The molecule has 0 aliphatic rings. The van der Waals surface area contributed by atoms with Gasteiger partial charge in [-0.3, -0.25) is 4.40 Å². The van der Waals surface area contributed by atoms with Gasteiger partial charge in [0.1, 0.15) is 5.82 Å². The fraction of sp³-hybridized carbons (Fsp3) is 0.0833. The molecule has 0 saturated heterocycles. The van der Waals surface area contributed by atoms with Gasteiger partial charge >= 0.3 is 0 Å². The molecule has 3 rings (SSSR count). The van der Waals surface area contributed by atoms with Crippen LogP contribution in [0.25, 0.3) is 5.65 Å². The lowest BCUT2D eigenvalue weighted by atomic mass is 10.3. The molecule has 0 aliphatic carbocycles.